The van der Waals surface area contributed by atoms with Crippen LogP contribution in [-0.2, 0) is 0 Å². The molecule has 22 heavy (non-hydrogen) atoms. The minimum atomic E-state index is 0.592. The van der Waals surface area contributed by atoms with E-state index in [1.807, 2.05) is 53.9 Å². The van der Waals surface area contributed by atoms with Crippen LogP contribution < -0.4 is 14.8 Å². The summed E-state index contributed by atoms with van der Waals surface area (Å²) in [7, 11) is 0. The van der Waals surface area contributed by atoms with E-state index in [4.69, 9.17) is 9.47 Å². The molecule has 0 fully saturated rings. The van der Waals surface area contributed by atoms with E-state index in [0.29, 0.717) is 13.2 Å². The lowest BCUT2D eigenvalue weighted by atomic mass is 10.1. The zero-order valence-corrected chi connectivity index (χ0v) is 12.6. The topological polar surface area (TPSA) is 43.4 Å². The molecule has 0 unspecified atom stereocenters. The first kappa shape index (κ1) is 13.2. The molecule has 110 valence electrons. The maximum atomic E-state index is 5.62. The molecule has 0 atom stereocenters. The number of nitrogens with one attached hydrogen (secondary N) is 1. The predicted octanol–water partition coefficient (Wildman–Crippen LogP) is 4.32. The highest BCUT2D eigenvalue weighted by Crippen LogP contribution is 2.35. The number of nitrogens with zero attached hydrogens (tertiary/aromatic N) is 1. The van der Waals surface area contributed by atoms with Crippen LogP contribution in [0.5, 0.6) is 11.5 Å². The Morgan fingerprint density at radius 3 is 2.64 bits per heavy atom. The van der Waals surface area contributed by atoms with Crippen molar-refractivity contribution in [1.29, 1.82) is 0 Å². The Balaban J connectivity index is 1.59. The number of rotatable bonds is 3. The second-order valence-corrected chi connectivity index (χ2v) is 5.75. The first-order valence-corrected chi connectivity index (χ1v) is 7.94. The maximum absolute atomic E-state index is 5.62. The molecular weight excluding hydrogens is 296 g/mol. The standard InChI is InChI=1S/C17H14N2O2S/c1-2-4-13(5-3-1)18-17-19-14(11-22-17)12-6-7-15-16(10-12)21-9-8-20-15/h1-7,10-11H,8-9H2,(H,18,19). The molecule has 0 radical (unpaired) electrons. The summed E-state index contributed by atoms with van der Waals surface area (Å²) in [6, 6.07) is 16.0. The highest BCUT2D eigenvalue weighted by atomic mass is 32.1. The Bertz CT molecular complexity index is 786. The molecule has 4 rings (SSSR count). The van der Waals surface area contributed by atoms with Crippen LogP contribution in [-0.4, -0.2) is 18.2 Å². The van der Waals surface area contributed by atoms with Gasteiger partial charge in [-0.05, 0) is 30.3 Å². The van der Waals surface area contributed by atoms with Crippen LogP contribution in [0.3, 0.4) is 0 Å². The quantitative estimate of drug-likeness (QED) is 0.782. The van der Waals surface area contributed by atoms with E-state index in [2.05, 4.69) is 10.3 Å². The zero-order chi connectivity index (χ0) is 14.8. The molecule has 0 saturated heterocycles. The second-order valence-electron chi connectivity index (χ2n) is 4.89. The van der Waals surface area contributed by atoms with Gasteiger partial charge in [0.25, 0.3) is 0 Å². The lowest BCUT2D eigenvalue weighted by molar-refractivity contribution is 0.171. The van der Waals surface area contributed by atoms with Gasteiger partial charge in [-0.2, -0.15) is 0 Å². The van der Waals surface area contributed by atoms with Crippen molar-refractivity contribution in [2.24, 2.45) is 0 Å². The van der Waals surface area contributed by atoms with Crippen LogP contribution in [0, 0.1) is 0 Å². The van der Waals surface area contributed by atoms with Gasteiger partial charge in [0.15, 0.2) is 16.6 Å². The third kappa shape index (κ3) is 2.63. The summed E-state index contributed by atoms with van der Waals surface area (Å²) in [6.07, 6.45) is 0. The summed E-state index contributed by atoms with van der Waals surface area (Å²) in [5, 5.41) is 6.22. The van der Waals surface area contributed by atoms with Gasteiger partial charge in [0.05, 0.1) is 5.69 Å². The third-order valence-electron chi connectivity index (χ3n) is 3.37. The summed E-state index contributed by atoms with van der Waals surface area (Å²) in [5.74, 6) is 1.59. The number of fused-ring (bicyclic) bond motifs is 1. The predicted molar refractivity (Wildman–Crippen MR) is 88.3 cm³/mol. The lowest BCUT2D eigenvalue weighted by Crippen LogP contribution is -2.15. The maximum Gasteiger partial charge on any atom is 0.187 e. The van der Waals surface area contributed by atoms with Crippen LogP contribution in [0.2, 0.25) is 0 Å². The molecular formula is C17H14N2O2S. The normalized spacial score (nSPS) is 12.9. The van der Waals surface area contributed by atoms with E-state index in [1.165, 1.54) is 0 Å². The first-order chi connectivity index (χ1) is 10.9. The van der Waals surface area contributed by atoms with Gasteiger partial charge >= 0.3 is 0 Å². The van der Waals surface area contributed by atoms with Crippen molar-refractivity contribution >= 4 is 22.2 Å². The Kier molecular flexibility index (Phi) is 3.40. The lowest BCUT2D eigenvalue weighted by Gasteiger charge is -2.18. The van der Waals surface area contributed by atoms with E-state index in [9.17, 15) is 0 Å². The van der Waals surface area contributed by atoms with Crippen LogP contribution in [0.15, 0.2) is 53.9 Å². The van der Waals surface area contributed by atoms with Crippen molar-refractivity contribution in [1.82, 2.24) is 4.98 Å². The number of anilines is 2. The number of para-hydroxylation sites is 1. The fourth-order valence-corrected chi connectivity index (χ4v) is 3.05. The van der Waals surface area contributed by atoms with Gasteiger partial charge in [0.2, 0.25) is 0 Å². The van der Waals surface area contributed by atoms with Crippen molar-refractivity contribution < 1.29 is 9.47 Å². The van der Waals surface area contributed by atoms with Crippen LogP contribution >= 0.6 is 11.3 Å². The summed E-state index contributed by atoms with van der Waals surface area (Å²) in [6.45, 7) is 1.20. The minimum Gasteiger partial charge on any atom is -0.486 e. The minimum absolute atomic E-state index is 0.592. The highest BCUT2D eigenvalue weighted by Gasteiger charge is 2.13. The van der Waals surface area contributed by atoms with Crippen molar-refractivity contribution in [3.8, 4) is 22.8 Å². The van der Waals surface area contributed by atoms with Gasteiger partial charge in [-0.3, -0.25) is 0 Å². The smallest absolute Gasteiger partial charge is 0.187 e. The molecule has 0 aliphatic carbocycles. The van der Waals surface area contributed by atoms with Gasteiger partial charge in [0.1, 0.15) is 13.2 Å². The molecule has 2 aromatic carbocycles. The monoisotopic (exact) mass is 310 g/mol. The van der Waals surface area contributed by atoms with Gasteiger partial charge in [-0.25, -0.2) is 4.98 Å². The van der Waals surface area contributed by atoms with Crippen molar-refractivity contribution in [3.63, 3.8) is 0 Å². The number of aromatic nitrogens is 1. The Hall–Kier alpha value is -2.53. The molecule has 0 amide bonds. The van der Waals surface area contributed by atoms with Gasteiger partial charge in [0, 0.05) is 16.6 Å². The molecule has 1 aliphatic heterocycles. The molecule has 0 saturated carbocycles. The Morgan fingerprint density at radius 2 is 1.77 bits per heavy atom. The van der Waals surface area contributed by atoms with Crippen molar-refractivity contribution in [3.05, 3.63) is 53.9 Å². The summed E-state index contributed by atoms with van der Waals surface area (Å²) in [5.41, 5.74) is 2.99. The van der Waals surface area contributed by atoms with Crippen LogP contribution in [0.4, 0.5) is 10.8 Å². The SMILES string of the molecule is c1ccc(Nc2nc(-c3ccc4c(c3)OCCO4)cs2)cc1. The van der Waals surface area contributed by atoms with E-state index in [0.717, 1.165) is 33.6 Å². The number of hydrogen-bond acceptors (Lipinski definition) is 5. The molecule has 0 bridgehead atoms. The Labute approximate surface area is 132 Å². The molecule has 1 aromatic heterocycles. The number of ether oxygens (including phenoxy) is 2. The van der Waals surface area contributed by atoms with Crippen molar-refractivity contribution in [2.75, 3.05) is 18.5 Å². The second kappa shape index (κ2) is 5.69. The molecule has 2 heterocycles. The van der Waals surface area contributed by atoms with Gasteiger partial charge in [-0.1, -0.05) is 18.2 Å². The summed E-state index contributed by atoms with van der Waals surface area (Å²) in [4.78, 5) is 4.64. The van der Waals surface area contributed by atoms with Gasteiger partial charge < -0.3 is 14.8 Å². The van der Waals surface area contributed by atoms with E-state index in [-0.39, 0.29) is 0 Å². The van der Waals surface area contributed by atoms with E-state index >= 15 is 0 Å². The fourth-order valence-electron chi connectivity index (χ4n) is 2.31. The molecule has 0 spiro atoms. The highest BCUT2D eigenvalue weighted by molar-refractivity contribution is 7.14. The van der Waals surface area contributed by atoms with Gasteiger partial charge in [-0.15, -0.1) is 11.3 Å². The molecule has 1 N–H and O–H groups in total. The average molecular weight is 310 g/mol. The largest absolute Gasteiger partial charge is 0.486 e. The van der Waals surface area contributed by atoms with Crippen molar-refractivity contribution in [2.45, 2.75) is 0 Å². The van der Waals surface area contributed by atoms with Crippen LogP contribution in [0.1, 0.15) is 0 Å². The molecule has 4 nitrogen and oxygen atoms in total. The van der Waals surface area contributed by atoms with E-state index < -0.39 is 0 Å². The molecule has 5 heteroatoms. The fraction of sp³-hybridized carbons (Fsp3) is 0.118. The van der Waals surface area contributed by atoms with E-state index in [1.54, 1.807) is 11.3 Å². The Morgan fingerprint density at radius 1 is 0.955 bits per heavy atom. The first-order valence-electron chi connectivity index (χ1n) is 7.06. The summed E-state index contributed by atoms with van der Waals surface area (Å²) < 4.78 is 11.2. The molecule has 3 aromatic rings. The number of hydrogen-bond donors (Lipinski definition) is 1. The number of benzene rings is 2. The average Bonchev–Trinajstić information content (AvgIpc) is 3.04. The molecule has 1 aliphatic rings. The third-order valence-corrected chi connectivity index (χ3v) is 4.12. The van der Waals surface area contributed by atoms with Crippen LogP contribution in [0.25, 0.3) is 11.3 Å². The number of thiazole rings is 1. The zero-order valence-electron chi connectivity index (χ0n) is 11.8. The summed E-state index contributed by atoms with van der Waals surface area (Å²) >= 11 is 1.58.